The van der Waals surface area contributed by atoms with Crippen LogP contribution in [0.5, 0.6) is 28.7 Å². The highest BCUT2D eigenvalue weighted by Gasteiger charge is 2.51. The molecule has 11 nitrogen and oxygen atoms in total. The summed E-state index contributed by atoms with van der Waals surface area (Å²) < 4.78 is 57.2. The van der Waals surface area contributed by atoms with Gasteiger partial charge in [-0.1, -0.05) is 249 Å². The van der Waals surface area contributed by atoms with Gasteiger partial charge < -0.3 is 47.9 Å². The Kier molecular flexibility index (Phi) is 22.3. The largest absolute Gasteiger partial charge is 0.504 e. The molecular formula is C80H77NO10. The monoisotopic (exact) mass is 1210 g/mol. The molecule has 1 fully saturated rings. The molecule has 91 heavy (non-hydrogen) atoms. The topological polar surface area (TPSA) is 114 Å². The number of rotatable bonds is 30. The van der Waals surface area contributed by atoms with E-state index in [9.17, 15) is 5.11 Å². The van der Waals surface area contributed by atoms with E-state index in [2.05, 4.69) is 24.3 Å². The van der Waals surface area contributed by atoms with E-state index in [1.54, 1.807) is 12.1 Å². The summed E-state index contributed by atoms with van der Waals surface area (Å²) in [5.41, 5.74) is 9.52. The van der Waals surface area contributed by atoms with Crippen molar-refractivity contribution in [3.05, 3.63) is 334 Å². The van der Waals surface area contributed by atoms with Crippen LogP contribution < -0.4 is 18.9 Å². The van der Waals surface area contributed by atoms with Crippen molar-refractivity contribution in [2.24, 2.45) is 0 Å². The van der Waals surface area contributed by atoms with Crippen molar-refractivity contribution < 1.29 is 47.8 Å². The molecule has 0 aromatic heterocycles. The Morgan fingerprint density at radius 1 is 0.418 bits per heavy atom. The summed E-state index contributed by atoms with van der Waals surface area (Å²) in [7, 11) is 3.87. The van der Waals surface area contributed by atoms with Crippen LogP contribution in [-0.2, 0) is 78.3 Å². The third kappa shape index (κ3) is 17.6. The number of carbonyl (C=O) groups is 1. The van der Waals surface area contributed by atoms with Crippen LogP contribution in [0.15, 0.2) is 267 Å². The van der Waals surface area contributed by atoms with Crippen LogP contribution in [0.2, 0.25) is 0 Å². The van der Waals surface area contributed by atoms with Crippen molar-refractivity contribution in [3.8, 4) is 28.7 Å². The van der Waals surface area contributed by atoms with Crippen LogP contribution in [0.3, 0.4) is 0 Å². The first-order valence-electron chi connectivity index (χ1n) is 31.0. The number of carbonyl (C=O) groups excluding carboxylic acids is 1. The van der Waals surface area contributed by atoms with Gasteiger partial charge in [0.05, 0.1) is 38.6 Å². The number of phenolic OH excluding ortho intramolecular Hbond substituents is 1. The van der Waals surface area contributed by atoms with Crippen LogP contribution in [0, 0.1) is 0 Å². The molecule has 1 aliphatic rings. The smallest absolute Gasteiger partial charge is 0.193 e. The highest BCUT2D eigenvalue weighted by atomic mass is 16.6. The molecule has 11 rings (SSSR count). The molecule has 462 valence electrons. The van der Waals surface area contributed by atoms with Gasteiger partial charge in [-0.2, -0.15) is 0 Å². The maximum absolute atomic E-state index is 16.2. The van der Waals surface area contributed by atoms with E-state index < -0.39 is 36.1 Å². The molecule has 0 aliphatic heterocycles. The molecule has 0 heterocycles. The number of allylic oxidation sites excluding steroid dienone is 1. The van der Waals surface area contributed by atoms with E-state index >= 15 is 4.79 Å². The van der Waals surface area contributed by atoms with Gasteiger partial charge in [0.1, 0.15) is 61.4 Å². The van der Waals surface area contributed by atoms with E-state index in [0.717, 1.165) is 44.5 Å². The summed E-state index contributed by atoms with van der Waals surface area (Å²) >= 11 is 0. The predicted octanol–water partition coefficient (Wildman–Crippen LogP) is 16.5. The zero-order valence-electron chi connectivity index (χ0n) is 51.5. The summed E-state index contributed by atoms with van der Waals surface area (Å²) in [5.74, 6) is 0.150. The Bertz CT molecular complexity index is 3860. The number of phenols is 1. The second kappa shape index (κ2) is 32.2. The Hall–Kier alpha value is -9.59. The van der Waals surface area contributed by atoms with Crippen LogP contribution >= 0.6 is 0 Å². The van der Waals surface area contributed by atoms with Gasteiger partial charge in [-0.05, 0) is 88.8 Å². The molecule has 0 amide bonds. The third-order valence-corrected chi connectivity index (χ3v) is 15.9. The van der Waals surface area contributed by atoms with Gasteiger partial charge in [0.15, 0.2) is 17.3 Å². The quantitative estimate of drug-likeness (QED) is 0.0343. The van der Waals surface area contributed by atoms with Crippen molar-refractivity contribution >= 4 is 11.9 Å². The standard InChI is InChI=1S/C80H77NO10/c1-81(2)49-67-45-66(46-72(76(67)83)86-52-60-31-15-5-16-32-60)43-44-69(82)75-71(85-51-59-29-13-4-14-30-59)48-70(84-50-58-27-11-3-12-28-58)74(79(75)90-56-64-39-23-9-24-40-64)68-47-73(87-53-61-33-17-6-18-34-61)78(89-55-63-37-21-8-22-38-63)80(91-57-65-41-25-10-26-42-65)77(68)88-54-62-35-19-7-20-36-62/h3-46,48,68,73,77-78,80,83H,47,49-57H2,1-2H3/b44-43+. The molecule has 1 N–H and O–H groups in total. The van der Waals surface area contributed by atoms with E-state index in [4.69, 9.17) is 37.9 Å². The fourth-order valence-electron chi connectivity index (χ4n) is 11.4. The second-order valence-electron chi connectivity index (χ2n) is 23.0. The van der Waals surface area contributed by atoms with Gasteiger partial charge >= 0.3 is 0 Å². The Balaban J connectivity index is 1.13. The minimum absolute atomic E-state index is 0.0263. The summed E-state index contributed by atoms with van der Waals surface area (Å²) in [6.45, 7) is 1.95. The van der Waals surface area contributed by atoms with Gasteiger partial charge in [-0.15, -0.1) is 0 Å². The first kappa shape index (κ1) is 63.0. The molecule has 1 saturated carbocycles. The number of ether oxygens (including phenoxy) is 8. The number of aromatic hydroxyl groups is 1. The van der Waals surface area contributed by atoms with Crippen LogP contribution in [0.4, 0.5) is 0 Å². The maximum atomic E-state index is 16.2. The Morgan fingerprint density at radius 2 is 0.780 bits per heavy atom. The van der Waals surface area contributed by atoms with Gasteiger partial charge in [-0.3, -0.25) is 4.79 Å². The maximum Gasteiger partial charge on any atom is 0.193 e. The highest BCUT2D eigenvalue weighted by molar-refractivity contribution is 6.11. The lowest BCUT2D eigenvalue weighted by Gasteiger charge is -2.47. The molecule has 0 radical (unpaired) electrons. The van der Waals surface area contributed by atoms with E-state index in [1.165, 1.54) is 6.08 Å². The predicted molar refractivity (Wildman–Crippen MR) is 356 cm³/mol. The SMILES string of the molecule is CN(C)Cc1cc(/C=C/C(=O)c2c(OCc3ccccc3)cc(OCc3ccccc3)c(C3CC(OCc4ccccc4)C(OCc4ccccc4)C(OCc4ccccc4)C3OCc3ccccc3)c2OCc2ccccc2)cc(OCc2ccccc2)c1O. The van der Waals surface area contributed by atoms with Crippen LogP contribution in [-0.4, -0.2) is 54.3 Å². The molecule has 10 aromatic carbocycles. The van der Waals surface area contributed by atoms with Crippen molar-refractivity contribution in [3.63, 3.8) is 0 Å². The molecule has 0 bridgehead atoms. The third-order valence-electron chi connectivity index (χ3n) is 15.9. The average Bonchev–Trinajstić information content (AvgIpc) is 0.776. The van der Waals surface area contributed by atoms with Crippen molar-refractivity contribution in [1.82, 2.24) is 4.90 Å². The van der Waals surface area contributed by atoms with Crippen molar-refractivity contribution in [2.45, 2.75) is 96.2 Å². The molecular weight excluding hydrogens is 1130 g/mol. The summed E-state index contributed by atoms with van der Waals surface area (Å²) in [6, 6.07) is 85.5. The molecule has 11 heteroatoms. The molecule has 5 atom stereocenters. The number of nitrogens with zero attached hydrogens (tertiary/aromatic N) is 1. The summed E-state index contributed by atoms with van der Waals surface area (Å²) in [5, 5.41) is 11.7. The Morgan fingerprint density at radius 3 is 1.21 bits per heavy atom. The van der Waals surface area contributed by atoms with Gasteiger partial charge in [0.25, 0.3) is 0 Å². The van der Waals surface area contributed by atoms with E-state index in [1.807, 2.05) is 250 Å². The fraction of sp³-hybridized carbons (Fsp3) is 0.212. The first-order chi connectivity index (χ1) is 44.8. The van der Waals surface area contributed by atoms with E-state index in [-0.39, 0.29) is 81.4 Å². The van der Waals surface area contributed by atoms with Crippen LogP contribution in [0.1, 0.15) is 83.9 Å². The molecule has 0 saturated heterocycles. The lowest BCUT2D eigenvalue weighted by molar-refractivity contribution is -0.220. The van der Waals surface area contributed by atoms with Crippen molar-refractivity contribution in [2.75, 3.05) is 14.1 Å². The number of ketones is 1. The van der Waals surface area contributed by atoms with Gasteiger partial charge in [-0.25, -0.2) is 0 Å². The van der Waals surface area contributed by atoms with Crippen molar-refractivity contribution in [1.29, 1.82) is 0 Å². The van der Waals surface area contributed by atoms with Crippen LogP contribution in [0.25, 0.3) is 6.08 Å². The molecule has 1 aliphatic carbocycles. The minimum Gasteiger partial charge on any atom is -0.504 e. The zero-order valence-corrected chi connectivity index (χ0v) is 51.5. The average molecular weight is 1210 g/mol. The Labute approximate surface area is 534 Å². The lowest BCUT2D eigenvalue weighted by atomic mass is 9.75. The highest BCUT2D eigenvalue weighted by Crippen LogP contribution is 2.51. The normalized spacial score (nSPS) is 16.4. The molecule has 5 unspecified atom stereocenters. The summed E-state index contributed by atoms with van der Waals surface area (Å²) in [4.78, 5) is 18.1. The summed E-state index contributed by atoms with van der Waals surface area (Å²) in [6.07, 6.45) is 0.683. The van der Waals surface area contributed by atoms with Gasteiger partial charge in [0.2, 0.25) is 0 Å². The second-order valence-corrected chi connectivity index (χ2v) is 23.0. The molecule has 10 aromatic rings. The fourth-order valence-corrected chi connectivity index (χ4v) is 11.4. The lowest BCUT2D eigenvalue weighted by Crippen LogP contribution is -2.56. The number of hydrogen-bond donors (Lipinski definition) is 1. The minimum atomic E-state index is -0.798. The van der Waals surface area contributed by atoms with E-state index in [0.29, 0.717) is 35.4 Å². The number of hydrogen-bond acceptors (Lipinski definition) is 11. The molecule has 0 spiro atoms. The number of benzene rings is 10. The zero-order chi connectivity index (χ0) is 62.4. The first-order valence-corrected chi connectivity index (χ1v) is 31.0. The van der Waals surface area contributed by atoms with Gasteiger partial charge in [0, 0.05) is 29.7 Å².